The van der Waals surface area contributed by atoms with Gasteiger partial charge in [0.15, 0.2) is 0 Å². The highest BCUT2D eigenvalue weighted by molar-refractivity contribution is 8.00. The molecule has 184 valence electrons. The van der Waals surface area contributed by atoms with Crippen molar-refractivity contribution in [1.82, 2.24) is 20.1 Å². The SMILES string of the molecule is CCN(CC)C(=O)C1CCCN(C(=O)C(Cc2cscn2)NC(=O)CSc2ccc(Cl)cc2)C1. The standard InChI is InChI=1S/C24H31ClN4O3S2/c1-3-28(4-2)23(31)17-6-5-11-29(13-17)24(32)21(12-19-14-33-16-26-19)27-22(30)15-34-20-9-7-18(25)8-10-20/h7-10,14,16-17,21H,3-6,11-13,15H2,1-2H3,(H,27,30). The highest BCUT2D eigenvalue weighted by atomic mass is 35.5. The second-order valence-corrected chi connectivity index (χ2v) is 10.4. The smallest absolute Gasteiger partial charge is 0.245 e. The van der Waals surface area contributed by atoms with Crippen LogP contribution in [0.2, 0.25) is 5.02 Å². The van der Waals surface area contributed by atoms with Gasteiger partial charge in [0.2, 0.25) is 17.7 Å². The predicted molar refractivity (Wildman–Crippen MR) is 137 cm³/mol. The molecular formula is C24H31ClN4O3S2. The minimum Gasteiger partial charge on any atom is -0.343 e. The number of nitrogens with one attached hydrogen (secondary N) is 1. The molecule has 0 spiro atoms. The summed E-state index contributed by atoms with van der Waals surface area (Å²) < 4.78 is 0. The second kappa shape index (κ2) is 13.1. The molecule has 0 saturated carbocycles. The molecule has 3 rings (SSSR count). The summed E-state index contributed by atoms with van der Waals surface area (Å²) in [5, 5.41) is 5.44. The van der Waals surface area contributed by atoms with E-state index in [0.717, 1.165) is 23.4 Å². The van der Waals surface area contributed by atoms with Crippen molar-refractivity contribution >= 4 is 52.4 Å². The van der Waals surface area contributed by atoms with Gasteiger partial charge in [0.25, 0.3) is 0 Å². The molecule has 1 N–H and O–H groups in total. The zero-order valence-electron chi connectivity index (χ0n) is 19.5. The number of likely N-dealkylation sites (tertiary alicyclic amines) is 1. The number of amides is 3. The van der Waals surface area contributed by atoms with Gasteiger partial charge in [-0.2, -0.15) is 0 Å². The van der Waals surface area contributed by atoms with Gasteiger partial charge in [-0.15, -0.1) is 23.1 Å². The molecule has 2 unspecified atom stereocenters. The third kappa shape index (κ3) is 7.45. The summed E-state index contributed by atoms with van der Waals surface area (Å²) in [6.07, 6.45) is 1.87. The van der Waals surface area contributed by atoms with Crippen molar-refractivity contribution in [3.05, 3.63) is 45.9 Å². The van der Waals surface area contributed by atoms with E-state index in [1.54, 1.807) is 22.5 Å². The molecule has 34 heavy (non-hydrogen) atoms. The van der Waals surface area contributed by atoms with Crippen LogP contribution < -0.4 is 5.32 Å². The summed E-state index contributed by atoms with van der Waals surface area (Å²) in [5.41, 5.74) is 2.48. The van der Waals surface area contributed by atoms with Gasteiger partial charge >= 0.3 is 0 Å². The maximum absolute atomic E-state index is 13.5. The lowest BCUT2D eigenvalue weighted by Crippen LogP contribution is -2.54. The van der Waals surface area contributed by atoms with Crippen LogP contribution in [0, 0.1) is 5.92 Å². The third-order valence-electron chi connectivity index (χ3n) is 5.87. The lowest BCUT2D eigenvalue weighted by molar-refractivity contribution is -0.142. The Labute approximate surface area is 214 Å². The molecule has 0 aliphatic carbocycles. The van der Waals surface area contributed by atoms with Crippen molar-refractivity contribution in [2.75, 3.05) is 31.9 Å². The highest BCUT2D eigenvalue weighted by Crippen LogP contribution is 2.22. The number of hydrogen-bond donors (Lipinski definition) is 1. The van der Waals surface area contributed by atoms with Crippen molar-refractivity contribution in [3.63, 3.8) is 0 Å². The molecule has 1 fully saturated rings. The summed E-state index contributed by atoms with van der Waals surface area (Å²) in [7, 11) is 0. The molecule has 1 saturated heterocycles. The first kappa shape index (κ1) is 26.5. The van der Waals surface area contributed by atoms with E-state index in [0.29, 0.717) is 37.6 Å². The van der Waals surface area contributed by atoms with Crippen molar-refractivity contribution in [2.45, 2.75) is 44.0 Å². The van der Waals surface area contributed by atoms with E-state index in [-0.39, 0.29) is 29.4 Å². The fourth-order valence-corrected chi connectivity index (χ4v) is 5.46. The number of carbonyl (C=O) groups excluding carboxylic acids is 3. The molecule has 3 amide bonds. The van der Waals surface area contributed by atoms with Crippen LogP contribution in [0.3, 0.4) is 0 Å². The zero-order chi connectivity index (χ0) is 24.5. The van der Waals surface area contributed by atoms with E-state index in [4.69, 9.17) is 11.6 Å². The summed E-state index contributed by atoms with van der Waals surface area (Å²) in [6, 6.07) is 6.56. The van der Waals surface area contributed by atoms with E-state index in [9.17, 15) is 14.4 Å². The lowest BCUT2D eigenvalue weighted by atomic mass is 9.95. The lowest BCUT2D eigenvalue weighted by Gasteiger charge is -2.36. The van der Waals surface area contributed by atoms with Crippen LogP contribution in [0.1, 0.15) is 32.4 Å². The summed E-state index contributed by atoms with van der Waals surface area (Å²) in [4.78, 5) is 47.9. The van der Waals surface area contributed by atoms with Crippen LogP contribution >= 0.6 is 34.7 Å². The quantitative estimate of drug-likeness (QED) is 0.481. The number of thiazole rings is 1. The number of halogens is 1. The average molecular weight is 523 g/mol. The largest absolute Gasteiger partial charge is 0.343 e. The maximum atomic E-state index is 13.5. The first-order valence-corrected chi connectivity index (χ1v) is 13.8. The number of hydrogen-bond acceptors (Lipinski definition) is 6. The Bertz CT molecular complexity index is 952. The van der Waals surface area contributed by atoms with Gasteiger partial charge in [-0.25, -0.2) is 4.98 Å². The Morgan fingerprint density at radius 3 is 2.65 bits per heavy atom. The van der Waals surface area contributed by atoms with Gasteiger partial charge in [-0.05, 0) is 51.0 Å². The Morgan fingerprint density at radius 1 is 1.26 bits per heavy atom. The van der Waals surface area contributed by atoms with Crippen LogP contribution in [0.25, 0.3) is 0 Å². The number of rotatable bonds is 10. The van der Waals surface area contributed by atoms with E-state index in [1.165, 1.54) is 23.1 Å². The predicted octanol–water partition coefficient (Wildman–Crippen LogP) is 3.72. The molecule has 10 heteroatoms. The van der Waals surface area contributed by atoms with E-state index in [1.807, 2.05) is 36.3 Å². The number of piperidine rings is 1. The monoisotopic (exact) mass is 522 g/mol. The minimum atomic E-state index is -0.720. The zero-order valence-corrected chi connectivity index (χ0v) is 21.9. The van der Waals surface area contributed by atoms with E-state index in [2.05, 4.69) is 10.3 Å². The normalized spacial score (nSPS) is 16.7. The summed E-state index contributed by atoms with van der Waals surface area (Å²) in [6.45, 7) is 6.23. The molecule has 2 aromatic rings. The molecule has 2 heterocycles. The molecule has 2 atom stereocenters. The maximum Gasteiger partial charge on any atom is 0.245 e. The molecule has 1 aromatic carbocycles. The molecule has 0 radical (unpaired) electrons. The first-order valence-electron chi connectivity index (χ1n) is 11.5. The fourth-order valence-electron chi connectivity index (χ4n) is 4.06. The Balaban J connectivity index is 1.65. The van der Waals surface area contributed by atoms with Crippen LogP contribution in [-0.2, 0) is 20.8 Å². The van der Waals surface area contributed by atoms with Gasteiger partial charge in [0.1, 0.15) is 6.04 Å². The van der Waals surface area contributed by atoms with Gasteiger partial charge < -0.3 is 15.1 Å². The van der Waals surface area contributed by atoms with Crippen LogP contribution in [0.15, 0.2) is 40.1 Å². The molecular weight excluding hydrogens is 492 g/mol. The molecule has 7 nitrogen and oxygen atoms in total. The minimum absolute atomic E-state index is 0.0990. The van der Waals surface area contributed by atoms with Crippen molar-refractivity contribution < 1.29 is 14.4 Å². The average Bonchev–Trinajstić information content (AvgIpc) is 3.37. The topological polar surface area (TPSA) is 82.6 Å². The van der Waals surface area contributed by atoms with Gasteiger partial charge in [0.05, 0.1) is 22.9 Å². The molecule has 1 aliphatic rings. The van der Waals surface area contributed by atoms with Crippen LogP contribution in [-0.4, -0.2) is 70.5 Å². The van der Waals surface area contributed by atoms with E-state index < -0.39 is 6.04 Å². The molecule has 1 aromatic heterocycles. The van der Waals surface area contributed by atoms with Crippen LogP contribution in [0.5, 0.6) is 0 Å². The van der Waals surface area contributed by atoms with Crippen LogP contribution in [0.4, 0.5) is 0 Å². The number of aromatic nitrogens is 1. The van der Waals surface area contributed by atoms with Gasteiger partial charge in [-0.3, -0.25) is 14.4 Å². The van der Waals surface area contributed by atoms with Crippen molar-refractivity contribution in [3.8, 4) is 0 Å². The molecule has 0 bridgehead atoms. The first-order chi connectivity index (χ1) is 16.4. The third-order valence-corrected chi connectivity index (χ3v) is 7.77. The van der Waals surface area contributed by atoms with E-state index >= 15 is 0 Å². The Hall–Kier alpha value is -2.10. The fraction of sp³-hybridized carbons (Fsp3) is 0.500. The number of nitrogens with zero attached hydrogens (tertiary/aromatic N) is 3. The highest BCUT2D eigenvalue weighted by Gasteiger charge is 2.34. The number of thioether (sulfide) groups is 1. The summed E-state index contributed by atoms with van der Waals surface area (Å²) in [5.74, 6) is -0.294. The Morgan fingerprint density at radius 2 is 2.00 bits per heavy atom. The summed E-state index contributed by atoms with van der Waals surface area (Å²) >= 11 is 8.77. The van der Waals surface area contributed by atoms with Gasteiger partial charge in [-0.1, -0.05) is 11.6 Å². The van der Waals surface area contributed by atoms with Crippen molar-refractivity contribution in [1.29, 1.82) is 0 Å². The number of benzene rings is 1. The molecule has 1 aliphatic heterocycles. The number of carbonyl (C=O) groups is 3. The van der Waals surface area contributed by atoms with Gasteiger partial charge in [0, 0.05) is 47.9 Å². The van der Waals surface area contributed by atoms with Crippen molar-refractivity contribution in [2.24, 2.45) is 5.92 Å². The Kier molecular flexibility index (Phi) is 10.2. The second-order valence-electron chi connectivity index (χ2n) is 8.18.